The Bertz CT molecular complexity index is 1120. The fourth-order valence-electron chi connectivity index (χ4n) is 2.49. The first kappa shape index (κ1) is 17.8. The number of fused-ring (bicyclic) bond motifs is 1. The molecule has 0 spiro atoms. The molecule has 0 fully saturated rings. The highest BCUT2D eigenvalue weighted by Gasteiger charge is 2.08. The van der Waals surface area contributed by atoms with Crippen molar-refractivity contribution in [2.45, 2.75) is 16.9 Å². The van der Waals surface area contributed by atoms with E-state index in [0.717, 1.165) is 16.2 Å². The molecule has 8 nitrogen and oxygen atoms in total. The highest BCUT2D eigenvalue weighted by atomic mass is 32.2. The molecular weight excluding hydrogens is 380 g/mol. The van der Waals surface area contributed by atoms with E-state index in [1.54, 1.807) is 18.2 Å². The van der Waals surface area contributed by atoms with Crippen molar-refractivity contribution in [3.05, 3.63) is 82.1 Å². The van der Waals surface area contributed by atoms with Crippen LogP contribution in [0, 0.1) is 10.1 Å². The minimum atomic E-state index is -0.448. The minimum absolute atomic E-state index is 0.0170. The standard InChI is InChI=1S/C19H14N4O4S/c24-23(25)14-5-3-4-13(10-14)12-26-20-11-15-8-9-18(27-15)28-19-21-16-6-1-2-7-17(16)22-19/h1-11H,12H2,(H,21,22)/b20-11-. The van der Waals surface area contributed by atoms with Crippen LogP contribution in [-0.4, -0.2) is 21.1 Å². The average molecular weight is 394 g/mol. The molecule has 0 aliphatic carbocycles. The first-order valence-electron chi connectivity index (χ1n) is 8.28. The summed E-state index contributed by atoms with van der Waals surface area (Å²) in [5.74, 6) is 0.526. The summed E-state index contributed by atoms with van der Waals surface area (Å²) in [6.45, 7) is 0.124. The molecule has 1 N–H and O–H groups in total. The summed E-state index contributed by atoms with van der Waals surface area (Å²) in [4.78, 5) is 23.2. The Kier molecular flexibility index (Phi) is 5.07. The summed E-state index contributed by atoms with van der Waals surface area (Å²) in [5.41, 5.74) is 2.54. The molecule has 0 bridgehead atoms. The van der Waals surface area contributed by atoms with Crippen LogP contribution in [-0.2, 0) is 11.4 Å². The van der Waals surface area contributed by atoms with Gasteiger partial charge in [0.2, 0.25) is 0 Å². The fraction of sp³-hybridized carbons (Fsp3) is 0.0526. The molecule has 2 aromatic carbocycles. The first-order valence-corrected chi connectivity index (χ1v) is 9.10. The summed E-state index contributed by atoms with van der Waals surface area (Å²) >= 11 is 1.37. The van der Waals surface area contributed by atoms with Gasteiger partial charge in [-0.25, -0.2) is 4.98 Å². The zero-order valence-electron chi connectivity index (χ0n) is 14.4. The van der Waals surface area contributed by atoms with E-state index in [-0.39, 0.29) is 12.3 Å². The molecule has 0 saturated carbocycles. The Morgan fingerprint density at radius 1 is 1.21 bits per heavy atom. The van der Waals surface area contributed by atoms with Crippen LogP contribution < -0.4 is 0 Å². The molecule has 28 heavy (non-hydrogen) atoms. The summed E-state index contributed by atoms with van der Waals surface area (Å²) in [7, 11) is 0. The number of aromatic amines is 1. The molecule has 0 radical (unpaired) electrons. The first-order chi connectivity index (χ1) is 13.7. The van der Waals surface area contributed by atoms with Crippen molar-refractivity contribution in [1.29, 1.82) is 0 Å². The number of rotatable bonds is 7. The number of H-pyrrole nitrogens is 1. The van der Waals surface area contributed by atoms with E-state index in [0.29, 0.717) is 16.4 Å². The molecule has 2 heterocycles. The zero-order chi connectivity index (χ0) is 19.3. The van der Waals surface area contributed by atoms with Gasteiger partial charge in [-0.05, 0) is 41.6 Å². The molecule has 0 aliphatic rings. The number of non-ortho nitro benzene ring substituents is 1. The minimum Gasteiger partial charge on any atom is -0.448 e. The van der Waals surface area contributed by atoms with Crippen LogP contribution in [0.5, 0.6) is 0 Å². The van der Waals surface area contributed by atoms with E-state index >= 15 is 0 Å². The number of para-hydroxylation sites is 2. The normalized spacial score (nSPS) is 11.3. The fourth-order valence-corrected chi connectivity index (χ4v) is 3.26. The lowest BCUT2D eigenvalue weighted by Crippen LogP contribution is -1.92. The van der Waals surface area contributed by atoms with Crippen molar-refractivity contribution < 1.29 is 14.2 Å². The van der Waals surface area contributed by atoms with Crippen molar-refractivity contribution in [2.75, 3.05) is 0 Å². The van der Waals surface area contributed by atoms with Gasteiger partial charge in [0.05, 0.1) is 16.0 Å². The van der Waals surface area contributed by atoms with Gasteiger partial charge in [0.1, 0.15) is 18.6 Å². The SMILES string of the molecule is O=[N+]([O-])c1cccc(CO/N=C\c2ccc(Sc3nc4ccccc4[nH]3)o2)c1. The van der Waals surface area contributed by atoms with Gasteiger partial charge in [-0.2, -0.15) is 0 Å². The average Bonchev–Trinajstić information content (AvgIpc) is 3.31. The second-order valence-corrected chi connectivity index (χ2v) is 6.75. The third-order valence-corrected chi connectivity index (χ3v) is 4.58. The number of nitrogens with one attached hydrogen (secondary N) is 1. The summed E-state index contributed by atoms with van der Waals surface area (Å²) in [5, 5.41) is 16.0. The lowest BCUT2D eigenvalue weighted by atomic mass is 10.2. The van der Waals surface area contributed by atoms with E-state index in [9.17, 15) is 10.1 Å². The number of furan rings is 1. The number of hydrogen-bond acceptors (Lipinski definition) is 7. The van der Waals surface area contributed by atoms with Crippen LogP contribution in [0.1, 0.15) is 11.3 Å². The van der Waals surface area contributed by atoms with E-state index in [1.807, 2.05) is 30.3 Å². The number of nitro benzene ring substituents is 1. The van der Waals surface area contributed by atoms with Gasteiger partial charge in [-0.1, -0.05) is 29.4 Å². The Balaban J connectivity index is 1.34. The van der Waals surface area contributed by atoms with Crippen molar-refractivity contribution in [2.24, 2.45) is 5.16 Å². The Hall–Kier alpha value is -3.59. The number of nitro groups is 1. The van der Waals surface area contributed by atoms with Crippen molar-refractivity contribution >= 4 is 34.7 Å². The number of oxime groups is 1. The number of hydrogen-bond donors (Lipinski definition) is 1. The third-order valence-electron chi connectivity index (χ3n) is 3.77. The maximum atomic E-state index is 10.8. The van der Waals surface area contributed by atoms with Gasteiger partial charge < -0.3 is 14.2 Å². The molecule has 0 amide bonds. The van der Waals surface area contributed by atoms with Crippen molar-refractivity contribution in [3.8, 4) is 0 Å². The van der Waals surface area contributed by atoms with Gasteiger partial charge in [0, 0.05) is 12.1 Å². The molecule has 2 aromatic heterocycles. The predicted octanol–water partition coefficient (Wildman–Crippen LogP) is 4.77. The topological polar surface area (TPSA) is 107 Å². The van der Waals surface area contributed by atoms with Gasteiger partial charge in [0.15, 0.2) is 10.2 Å². The molecule has 0 saturated heterocycles. The van der Waals surface area contributed by atoms with Crippen LogP contribution in [0.2, 0.25) is 0 Å². The van der Waals surface area contributed by atoms with Crippen LogP contribution in [0.3, 0.4) is 0 Å². The van der Waals surface area contributed by atoms with E-state index in [1.165, 1.54) is 30.1 Å². The summed E-state index contributed by atoms with van der Waals surface area (Å²) < 4.78 is 5.67. The monoisotopic (exact) mass is 394 g/mol. The summed E-state index contributed by atoms with van der Waals surface area (Å²) in [6.07, 6.45) is 1.44. The molecule has 140 valence electrons. The Labute approximate surface area is 163 Å². The van der Waals surface area contributed by atoms with E-state index in [2.05, 4.69) is 15.1 Å². The van der Waals surface area contributed by atoms with Gasteiger partial charge >= 0.3 is 0 Å². The van der Waals surface area contributed by atoms with Crippen LogP contribution in [0.25, 0.3) is 11.0 Å². The molecule has 4 aromatic rings. The largest absolute Gasteiger partial charge is 0.448 e. The van der Waals surface area contributed by atoms with E-state index < -0.39 is 4.92 Å². The number of imidazole rings is 1. The smallest absolute Gasteiger partial charge is 0.269 e. The number of benzene rings is 2. The quantitative estimate of drug-likeness (QED) is 0.275. The molecular formula is C19H14N4O4S. The van der Waals surface area contributed by atoms with Crippen molar-refractivity contribution in [1.82, 2.24) is 9.97 Å². The number of aromatic nitrogens is 2. The number of nitrogens with zero attached hydrogens (tertiary/aromatic N) is 3. The highest BCUT2D eigenvalue weighted by Crippen LogP contribution is 2.28. The molecule has 4 rings (SSSR count). The van der Waals surface area contributed by atoms with Crippen LogP contribution >= 0.6 is 11.8 Å². The molecule has 9 heteroatoms. The van der Waals surface area contributed by atoms with Crippen LogP contribution in [0.4, 0.5) is 5.69 Å². The Morgan fingerprint density at radius 2 is 2.11 bits per heavy atom. The second kappa shape index (κ2) is 7.97. The lowest BCUT2D eigenvalue weighted by molar-refractivity contribution is -0.384. The lowest BCUT2D eigenvalue weighted by Gasteiger charge is -1.99. The predicted molar refractivity (Wildman–Crippen MR) is 104 cm³/mol. The summed E-state index contributed by atoms with van der Waals surface area (Å²) in [6, 6.07) is 17.6. The van der Waals surface area contributed by atoms with Gasteiger partial charge in [0.25, 0.3) is 5.69 Å². The molecule has 0 atom stereocenters. The zero-order valence-corrected chi connectivity index (χ0v) is 15.3. The van der Waals surface area contributed by atoms with Gasteiger partial charge in [-0.3, -0.25) is 10.1 Å². The second-order valence-electron chi connectivity index (χ2n) is 5.75. The molecule has 0 unspecified atom stereocenters. The third kappa shape index (κ3) is 4.21. The van der Waals surface area contributed by atoms with Crippen LogP contribution in [0.15, 0.2) is 80.5 Å². The van der Waals surface area contributed by atoms with Crippen molar-refractivity contribution in [3.63, 3.8) is 0 Å². The molecule has 0 aliphatic heterocycles. The van der Waals surface area contributed by atoms with E-state index in [4.69, 9.17) is 9.25 Å². The van der Waals surface area contributed by atoms with Gasteiger partial charge in [-0.15, -0.1) is 0 Å². The highest BCUT2D eigenvalue weighted by molar-refractivity contribution is 7.99. The maximum Gasteiger partial charge on any atom is 0.269 e. The Morgan fingerprint density at radius 3 is 2.96 bits per heavy atom. The maximum absolute atomic E-state index is 10.8.